The average molecular weight is 451 g/mol. The van der Waals surface area contributed by atoms with E-state index >= 15 is 0 Å². The summed E-state index contributed by atoms with van der Waals surface area (Å²) in [5.41, 5.74) is 5.42. The number of nitriles is 1. The highest BCUT2D eigenvalue weighted by Crippen LogP contribution is 2.28. The molecule has 0 aliphatic heterocycles. The summed E-state index contributed by atoms with van der Waals surface area (Å²) in [6, 6.07) is 17.5. The number of nitrogens with zero attached hydrogens (tertiary/aromatic N) is 4. The number of amides is 1. The fraction of sp³-hybridized carbons (Fsp3) is 0.259. The van der Waals surface area contributed by atoms with Gasteiger partial charge in [-0.2, -0.15) is 5.26 Å². The Balaban J connectivity index is 1.56. The lowest BCUT2D eigenvalue weighted by Crippen LogP contribution is -2.25. The Labute approximate surface area is 198 Å². The van der Waals surface area contributed by atoms with Crippen LogP contribution in [0.4, 0.5) is 5.82 Å². The molecule has 7 nitrogen and oxygen atoms in total. The van der Waals surface area contributed by atoms with Gasteiger partial charge in [0.15, 0.2) is 11.5 Å². The standard InChI is InChI=1S/C27H26N6O/c1-17(2)14-29-25-26-30-15-24(19-6-8-20(9-7-19)27(34)31-22-10-11-22)33(26)16-23(32-25)21-5-3-4-18(12-21)13-28/h3-9,12,15-17,22H,10-11,14H2,1-2H3,(H,29,32)(H,31,34). The first-order valence-electron chi connectivity index (χ1n) is 11.6. The van der Waals surface area contributed by atoms with Crippen LogP contribution in [0.3, 0.4) is 0 Å². The Morgan fingerprint density at radius 2 is 1.97 bits per heavy atom. The maximum Gasteiger partial charge on any atom is 0.251 e. The molecule has 5 rings (SSSR count). The number of anilines is 1. The second kappa shape index (κ2) is 8.99. The molecule has 1 fully saturated rings. The highest BCUT2D eigenvalue weighted by Gasteiger charge is 2.23. The van der Waals surface area contributed by atoms with Gasteiger partial charge in [-0.25, -0.2) is 9.97 Å². The van der Waals surface area contributed by atoms with Gasteiger partial charge in [0.05, 0.1) is 29.2 Å². The van der Waals surface area contributed by atoms with E-state index in [1.807, 2.05) is 59.3 Å². The third-order valence-corrected chi connectivity index (χ3v) is 5.81. The van der Waals surface area contributed by atoms with Crippen molar-refractivity contribution in [2.75, 3.05) is 11.9 Å². The van der Waals surface area contributed by atoms with E-state index in [9.17, 15) is 10.1 Å². The van der Waals surface area contributed by atoms with Gasteiger partial charge in [0.25, 0.3) is 5.91 Å². The zero-order valence-electron chi connectivity index (χ0n) is 19.2. The van der Waals surface area contributed by atoms with Gasteiger partial charge in [0.2, 0.25) is 0 Å². The number of aromatic nitrogens is 3. The van der Waals surface area contributed by atoms with Crippen molar-refractivity contribution in [3.05, 3.63) is 72.1 Å². The van der Waals surface area contributed by atoms with E-state index in [0.717, 1.165) is 47.5 Å². The number of nitrogens with one attached hydrogen (secondary N) is 2. The third-order valence-electron chi connectivity index (χ3n) is 5.81. The van der Waals surface area contributed by atoms with Gasteiger partial charge in [-0.3, -0.25) is 9.20 Å². The molecule has 4 aromatic rings. The number of rotatable bonds is 7. The predicted octanol–water partition coefficient (Wildman–Crippen LogP) is 4.90. The number of carbonyl (C=O) groups is 1. The summed E-state index contributed by atoms with van der Waals surface area (Å²) in [6.45, 7) is 5.04. The van der Waals surface area contributed by atoms with Crippen molar-refractivity contribution < 1.29 is 4.79 Å². The van der Waals surface area contributed by atoms with Gasteiger partial charge in [-0.1, -0.05) is 38.1 Å². The Morgan fingerprint density at radius 1 is 1.18 bits per heavy atom. The Morgan fingerprint density at radius 3 is 2.68 bits per heavy atom. The molecular formula is C27H26N6O. The molecule has 0 radical (unpaired) electrons. The van der Waals surface area contributed by atoms with E-state index < -0.39 is 0 Å². The summed E-state index contributed by atoms with van der Waals surface area (Å²) >= 11 is 0. The van der Waals surface area contributed by atoms with Crippen molar-refractivity contribution in [1.82, 2.24) is 19.7 Å². The largest absolute Gasteiger partial charge is 0.367 e. The summed E-state index contributed by atoms with van der Waals surface area (Å²) in [4.78, 5) is 21.9. The molecule has 1 aliphatic carbocycles. The van der Waals surface area contributed by atoms with Gasteiger partial charge >= 0.3 is 0 Å². The fourth-order valence-electron chi connectivity index (χ4n) is 3.80. The Bertz CT molecular complexity index is 1390. The normalized spacial score (nSPS) is 13.1. The van der Waals surface area contributed by atoms with Gasteiger partial charge in [-0.15, -0.1) is 0 Å². The molecule has 2 heterocycles. The van der Waals surface area contributed by atoms with E-state index in [4.69, 9.17) is 4.98 Å². The smallest absolute Gasteiger partial charge is 0.251 e. The Kier molecular flexibility index (Phi) is 5.72. The van der Waals surface area contributed by atoms with Crippen LogP contribution in [0, 0.1) is 17.2 Å². The van der Waals surface area contributed by atoms with Crippen LogP contribution in [0.1, 0.15) is 42.6 Å². The Hall–Kier alpha value is -4.18. The molecule has 7 heteroatoms. The van der Waals surface area contributed by atoms with Gasteiger partial charge in [0, 0.05) is 35.5 Å². The zero-order chi connectivity index (χ0) is 23.7. The molecule has 1 amide bonds. The number of imidazole rings is 1. The van der Waals surface area contributed by atoms with E-state index in [0.29, 0.717) is 28.9 Å². The van der Waals surface area contributed by atoms with E-state index in [1.54, 1.807) is 6.07 Å². The summed E-state index contributed by atoms with van der Waals surface area (Å²) in [5.74, 6) is 1.10. The number of hydrogen-bond donors (Lipinski definition) is 2. The molecule has 2 N–H and O–H groups in total. The van der Waals surface area contributed by atoms with Gasteiger partial charge in [-0.05, 0) is 43.0 Å². The lowest BCUT2D eigenvalue weighted by atomic mass is 10.1. The van der Waals surface area contributed by atoms with Crippen LogP contribution < -0.4 is 10.6 Å². The summed E-state index contributed by atoms with van der Waals surface area (Å²) in [6.07, 6.45) is 5.90. The van der Waals surface area contributed by atoms with Gasteiger partial charge < -0.3 is 10.6 Å². The molecule has 1 aliphatic rings. The van der Waals surface area contributed by atoms with E-state index in [1.165, 1.54) is 0 Å². The SMILES string of the molecule is CC(C)CNc1nc(-c2cccc(C#N)c2)cn2c(-c3ccc(C(=O)NC4CC4)cc3)cnc12. The first-order chi connectivity index (χ1) is 16.5. The van der Waals surface area contributed by atoms with Crippen LogP contribution in [0.2, 0.25) is 0 Å². The highest BCUT2D eigenvalue weighted by atomic mass is 16.1. The molecule has 0 spiro atoms. The van der Waals surface area contributed by atoms with Crippen molar-refractivity contribution >= 4 is 17.4 Å². The van der Waals surface area contributed by atoms with Gasteiger partial charge in [0.1, 0.15) is 0 Å². The van der Waals surface area contributed by atoms with Crippen LogP contribution in [-0.2, 0) is 0 Å². The molecule has 0 bridgehead atoms. The topological polar surface area (TPSA) is 95.1 Å². The lowest BCUT2D eigenvalue weighted by molar-refractivity contribution is 0.0951. The number of fused-ring (bicyclic) bond motifs is 1. The molecule has 0 atom stereocenters. The van der Waals surface area contributed by atoms with Crippen LogP contribution >= 0.6 is 0 Å². The van der Waals surface area contributed by atoms with E-state index in [-0.39, 0.29) is 5.91 Å². The molecular weight excluding hydrogens is 424 g/mol. The number of benzene rings is 2. The van der Waals surface area contributed by atoms with Crippen LogP contribution in [0.5, 0.6) is 0 Å². The predicted molar refractivity (Wildman–Crippen MR) is 132 cm³/mol. The second-order valence-electron chi connectivity index (χ2n) is 9.10. The molecule has 0 unspecified atom stereocenters. The molecule has 1 saturated carbocycles. The number of carbonyl (C=O) groups excluding carboxylic acids is 1. The monoisotopic (exact) mass is 450 g/mol. The minimum absolute atomic E-state index is 0.0313. The first kappa shape index (κ1) is 21.7. The summed E-state index contributed by atoms with van der Waals surface area (Å²) in [7, 11) is 0. The second-order valence-corrected chi connectivity index (χ2v) is 9.10. The van der Waals surface area contributed by atoms with Crippen molar-refractivity contribution in [3.8, 4) is 28.6 Å². The molecule has 0 saturated heterocycles. The quantitative estimate of drug-likeness (QED) is 0.418. The van der Waals surface area contributed by atoms with Crippen molar-refractivity contribution in [2.45, 2.75) is 32.7 Å². The average Bonchev–Trinajstić information content (AvgIpc) is 3.57. The lowest BCUT2D eigenvalue weighted by Gasteiger charge is -2.13. The van der Waals surface area contributed by atoms with Crippen molar-refractivity contribution in [2.24, 2.45) is 5.92 Å². The summed E-state index contributed by atoms with van der Waals surface area (Å²) < 4.78 is 2.02. The third kappa shape index (κ3) is 4.48. The molecule has 2 aromatic heterocycles. The molecule has 2 aromatic carbocycles. The molecule has 170 valence electrons. The maximum absolute atomic E-state index is 12.4. The van der Waals surface area contributed by atoms with Crippen molar-refractivity contribution in [3.63, 3.8) is 0 Å². The summed E-state index contributed by atoms with van der Waals surface area (Å²) in [5, 5.41) is 15.8. The number of hydrogen-bond acceptors (Lipinski definition) is 5. The van der Waals surface area contributed by atoms with Crippen LogP contribution in [-0.4, -0.2) is 32.9 Å². The van der Waals surface area contributed by atoms with Crippen molar-refractivity contribution in [1.29, 1.82) is 5.26 Å². The highest BCUT2D eigenvalue weighted by molar-refractivity contribution is 5.95. The zero-order valence-corrected chi connectivity index (χ0v) is 19.2. The maximum atomic E-state index is 12.4. The first-order valence-corrected chi connectivity index (χ1v) is 11.6. The minimum atomic E-state index is -0.0313. The van der Waals surface area contributed by atoms with Crippen LogP contribution in [0.15, 0.2) is 60.9 Å². The van der Waals surface area contributed by atoms with E-state index in [2.05, 4.69) is 35.5 Å². The minimum Gasteiger partial charge on any atom is -0.367 e. The molecule has 34 heavy (non-hydrogen) atoms. The fourth-order valence-corrected chi connectivity index (χ4v) is 3.80. The van der Waals surface area contributed by atoms with Crippen LogP contribution in [0.25, 0.3) is 28.2 Å².